The molecular weight excluding hydrogens is 362 g/mol. The zero-order valence-electron chi connectivity index (χ0n) is 17.3. The molecule has 2 aromatic carbocycles. The van der Waals surface area contributed by atoms with E-state index in [4.69, 9.17) is 4.74 Å². The van der Waals surface area contributed by atoms with Gasteiger partial charge >= 0.3 is 0 Å². The van der Waals surface area contributed by atoms with Crippen LogP contribution in [0.15, 0.2) is 54.6 Å². The number of likely N-dealkylation sites (tertiary alicyclic amines) is 1. The van der Waals surface area contributed by atoms with Gasteiger partial charge in [0.2, 0.25) is 5.91 Å². The molecule has 1 saturated heterocycles. The molecule has 1 aliphatic rings. The standard InChI is InChI=1S/C25H33NO3/c27-20-23-11-7-18-26(23)25(28)17-14-22-12-15-24(16-13-22)29-19-6-2-5-10-21-8-3-1-4-9-21/h1,3-4,8-9,12-13,15-16,23,27H,2,5-7,10-11,14,17-20H2/t23-/m0/s1. The van der Waals surface area contributed by atoms with E-state index in [-0.39, 0.29) is 18.6 Å². The minimum atomic E-state index is 0.0194. The van der Waals surface area contributed by atoms with E-state index in [1.165, 1.54) is 18.4 Å². The van der Waals surface area contributed by atoms with Crippen LogP contribution in [0.1, 0.15) is 49.7 Å². The lowest BCUT2D eigenvalue weighted by molar-refractivity contribution is -0.132. The molecule has 29 heavy (non-hydrogen) atoms. The number of carbonyl (C=O) groups excluding carboxylic acids is 1. The second-order valence-corrected chi connectivity index (χ2v) is 7.85. The monoisotopic (exact) mass is 395 g/mol. The van der Waals surface area contributed by atoms with E-state index in [1.807, 2.05) is 29.2 Å². The van der Waals surface area contributed by atoms with Gasteiger partial charge in [-0.15, -0.1) is 0 Å². The van der Waals surface area contributed by atoms with Crippen LogP contribution in [0, 0.1) is 0 Å². The maximum Gasteiger partial charge on any atom is 0.223 e. The fraction of sp³-hybridized carbons (Fsp3) is 0.480. The predicted octanol–water partition coefficient (Wildman–Crippen LogP) is 4.39. The summed E-state index contributed by atoms with van der Waals surface area (Å²) in [6, 6.07) is 18.7. The molecule has 4 nitrogen and oxygen atoms in total. The van der Waals surface area contributed by atoms with Crippen LogP contribution in [0.5, 0.6) is 5.75 Å². The van der Waals surface area contributed by atoms with Crippen molar-refractivity contribution in [3.63, 3.8) is 0 Å². The van der Waals surface area contributed by atoms with Crippen LogP contribution in [0.4, 0.5) is 0 Å². The van der Waals surface area contributed by atoms with Crippen molar-refractivity contribution in [3.05, 3.63) is 65.7 Å². The van der Waals surface area contributed by atoms with Gasteiger partial charge in [0.05, 0.1) is 19.3 Å². The van der Waals surface area contributed by atoms with Gasteiger partial charge in [-0.25, -0.2) is 0 Å². The van der Waals surface area contributed by atoms with E-state index in [1.54, 1.807) is 0 Å². The highest BCUT2D eigenvalue weighted by Crippen LogP contribution is 2.19. The SMILES string of the molecule is O=C(CCc1ccc(OCCCCCc2ccccc2)cc1)N1CCC[C@H]1CO. The Balaban J connectivity index is 1.30. The summed E-state index contributed by atoms with van der Waals surface area (Å²) in [5.41, 5.74) is 2.55. The number of rotatable bonds is 11. The molecule has 0 unspecified atom stereocenters. The van der Waals surface area contributed by atoms with Crippen molar-refractivity contribution >= 4 is 5.91 Å². The first-order valence-corrected chi connectivity index (χ1v) is 10.9. The molecule has 1 aliphatic heterocycles. The van der Waals surface area contributed by atoms with E-state index in [9.17, 15) is 9.90 Å². The van der Waals surface area contributed by atoms with Crippen LogP contribution in [0.3, 0.4) is 0 Å². The summed E-state index contributed by atoms with van der Waals surface area (Å²) in [5, 5.41) is 9.36. The van der Waals surface area contributed by atoms with Gasteiger partial charge in [0.25, 0.3) is 0 Å². The highest BCUT2D eigenvalue weighted by atomic mass is 16.5. The fourth-order valence-electron chi connectivity index (χ4n) is 3.94. The Morgan fingerprint density at radius 2 is 1.72 bits per heavy atom. The molecule has 1 heterocycles. The maximum atomic E-state index is 12.4. The van der Waals surface area contributed by atoms with E-state index in [0.29, 0.717) is 6.42 Å². The predicted molar refractivity (Wildman–Crippen MR) is 116 cm³/mol. The van der Waals surface area contributed by atoms with Gasteiger partial charge in [-0.2, -0.15) is 0 Å². The highest BCUT2D eigenvalue weighted by Gasteiger charge is 2.27. The number of aliphatic hydroxyl groups excluding tert-OH is 1. The molecule has 0 saturated carbocycles. The van der Waals surface area contributed by atoms with E-state index < -0.39 is 0 Å². The minimum Gasteiger partial charge on any atom is -0.494 e. The lowest BCUT2D eigenvalue weighted by Gasteiger charge is -2.23. The van der Waals surface area contributed by atoms with Crippen LogP contribution in [0.2, 0.25) is 0 Å². The van der Waals surface area contributed by atoms with Crippen molar-refractivity contribution in [2.75, 3.05) is 19.8 Å². The van der Waals surface area contributed by atoms with Gasteiger partial charge in [0, 0.05) is 13.0 Å². The van der Waals surface area contributed by atoms with Gasteiger partial charge in [-0.1, -0.05) is 42.5 Å². The second-order valence-electron chi connectivity index (χ2n) is 7.85. The number of aryl methyl sites for hydroxylation is 2. The fourth-order valence-corrected chi connectivity index (χ4v) is 3.94. The largest absolute Gasteiger partial charge is 0.494 e. The lowest BCUT2D eigenvalue weighted by Crippen LogP contribution is -2.37. The van der Waals surface area contributed by atoms with Gasteiger partial charge < -0.3 is 14.7 Å². The van der Waals surface area contributed by atoms with Crippen LogP contribution >= 0.6 is 0 Å². The van der Waals surface area contributed by atoms with Crippen LogP contribution in [0.25, 0.3) is 0 Å². The van der Waals surface area contributed by atoms with Crippen molar-refractivity contribution in [1.82, 2.24) is 4.90 Å². The summed E-state index contributed by atoms with van der Waals surface area (Å²) in [6.45, 7) is 1.59. The Kier molecular flexibility index (Phi) is 8.57. The smallest absolute Gasteiger partial charge is 0.223 e. The first-order valence-electron chi connectivity index (χ1n) is 10.9. The van der Waals surface area contributed by atoms with Gasteiger partial charge in [-0.3, -0.25) is 4.79 Å². The zero-order valence-corrected chi connectivity index (χ0v) is 17.3. The molecule has 0 radical (unpaired) electrons. The van der Waals surface area contributed by atoms with E-state index >= 15 is 0 Å². The first kappa shape index (κ1) is 21.4. The molecule has 156 valence electrons. The molecule has 0 aromatic heterocycles. The van der Waals surface area contributed by atoms with Crippen molar-refractivity contribution < 1.29 is 14.6 Å². The summed E-state index contributed by atoms with van der Waals surface area (Å²) in [6.07, 6.45) is 7.69. The average Bonchev–Trinajstić information content (AvgIpc) is 3.25. The second kappa shape index (κ2) is 11.6. The van der Waals surface area contributed by atoms with Gasteiger partial charge in [-0.05, 0) is 68.2 Å². The zero-order chi connectivity index (χ0) is 20.3. The number of unbranched alkanes of at least 4 members (excludes halogenated alkanes) is 2. The molecule has 1 amide bonds. The van der Waals surface area contributed by atoms with Crippen molar-refractivity contribution in [3.8, 4) is 5.75 Å². The average molecular weight is 396 g/mol. The maximum absolute atomic E-state index is 12.4. The molecule has 0 bridgehead atoms. The summed E-state index contributed by atoms with van der Waals surface area (Å²) in [4.78, 5) is 14.2. The number of nitrogens with zero attached hydrogens (tertiary/aromatic N) is 1. The van der Waals surface area contributed by atoms with Crippen LogP contribution in [-0.4, -0.2) is 41.7 Å². The Morgan fingerprint density at radius 3 is 2.48 bits per heavy atom. The number of ether oxygens (including phenoxy) is 1. The molecule has 3 rings (SSSR count). The molecule has 1 N–H and O–H groups in total. The highest BCUT2D eigenvalue weighted by molar-refractivity contribution is 5.77. The Bertz CT molecular complexity index is 729. The van der Waals surface area contributed by atoms with E-state index in [2.05, 4.69) is 30.3 Å². The van der Waals surface area contributed by atoms with Crippen LogP contribution < -0.4 is 4.74 Å². The van der Waals surface area contributed by atoms with Crippen molar-refractivity contribution in [2.45, 2.75) is 57.4 Å². The van der Waals surface area contributed by atoms with Gasteiger partial charge in [0.15, 0.2) is 0 Å². The number of benzene rings is 2. The molecule has 0 spiro atoms. The third-order valence-electron chi connectivity index (χ3n) is 5.68. The molecule has 1 atom stereocenters. The molecule has 2 aromatic rings. The summed E-state index contributed by atoms with van der Waals surface area (Å²) < 4.78 is 5.85. The Hall–Kier alpha value is -2.33. The number of hydrogen-bond donors (Lipinski definition) is 1. The summed E-state index contributed by atoms with van der Waals surface area (Å²) >= 11 is 0. The third-order valence-corrected chi connectivity index (χ3v) is 5.68. The third kappa shape index (κ3) is 6.90. The Labute approximate surface area is 174 Å². The normalized spacial score (nSPS) is 16.2. The van der Waals surface area contributed by atoms with Crippen LogP contribution in [-0.2, 0) is 17.6 Å². The molecule has 0 aliphatic carbocycles. The number of carbonyl (C=O) groups is 1. The lowest BCUT2D eigenvalue weighted by atomic mass is 10.1. The number of aliphatic hydroxyl groups is 1. The molecular formula is C25H33NO3. The van der Waals surface area contributed by atoms with Gasteiger partial charge in [0.1, 0.15) is 5.75 Å². The Morgan fingerprint density at radius 1 is 0.966 bits per heavy atom. The minimum absolute atomic E-state index is 0.0194. The topological polar surface area (TPSA) is 49.8 Å². The molecule has 4 heteroatoms. The first-order chi connectivity index (χ1) is 14.3. The van der Waals surface area contributed by atoms with Crippen molar-refractivity contribution in [1.29, 1.82) is 0 Å². The van der Waals surface area contributed by atoms with Crippen molar-refractivity contribution in [2.24, 2.45) is 0 Å². The van der Waals surface area contributed by atoms with E-state index in [0.717, 1.165) is 56.6 Å². The molecule has 1 fully saturated rings. The number of amides is 1. The number of hydrogen-bond acceptors (Lipinski definition) is 3. The quantitative estimate of drug-likeness (QED) is 0.574. The summed E-state index contributed by atoms with van der Waals surface area (Å²) in [7, 11) is 0. The summed E-state index contributed by atoms with van der Waals surface area (Å²) in [5.74, 6) is 1.04.